The average Bonchev–Trinajstić information content (AvgIpc) is 3.44. The highest BCUT2D eigenvalue weighted by atomic mass is 16.5. The maximum absolute atomic E-state index is 13.5. The van der Waals surface area contributed by atoms with Crippen molar-refractivity contribution in [3.05, 3.63) is 85.4 Å². The highest BCUT2D eigenvalue weighted by molar-refractivity contribution is 6.15. The number of esters is 1. The van der Waals surface area contributed by atoms with E-state index in [4.69, 9.17) is 15.5 Å². The van der Waals surface area contributed by atoms with E-state index < -0.39 is 17.2 Å². The minimum atomic E-state index is -0.558. The second-order valence-electron chi connectivity index (χ2n) is 9.66. The fourth-order valence-corrected chi connectivity index (χ4v) is 4.45. The Balaban J connectivity index is 1.98. The summed E-state index contributed by atoms with van der Waals surface area (Å²) in [5.74, 6) is -0.365. The second-order valence-corrected chi connectivity index (χ2v) is 9.66. The number of aliphatic imine (C=N–C) groups is 1. The lowest BCUT2D eigenvalue weighted by Crippen LogP contribution is -2.43. The third-order valence-electron chi connectivity index (χ3n) is 6.37. The number of benzene rings is 1. The number of H-pyrrole nitrogens is 1. The molecular formula is C27H32N6O4. The van der Waals surface area contributed by atoms with Gasteiger partial charge in [-0.05, 0) is 36.6 Å². The van der Waals surface area contributed by atoms with Crippen LogP contribution in [0, 0.1) is 12.8 Å². The Morgan fingerprint density at radius 3 is 2.59 bits per heavy atom. The van der Waals surface area contributed by atoms with Gasteiger partial charge in [0.2, 0.25) is 0 Å². The van der Waals surface area contributed by atoms with E-state index in [1.165, 1.54) is 18.7 Å². The lowest BCUT2D eigenvalue weighted by molar-refractivity contribution is 0.0600. The predicted octanol–water partition coefficient (Wildman–Crippen LogP) is 2.74. The molecule has 3 heterocycles. The Morgan fingerprint density at radius 2 is 1.92 bits per heavy atom. The van der Waals surface area contributed by atoms with Gasteiger partial charge in [0.25, 0.3) is 5.56 Å². The average molecular weight is 505 g/mol. The Bertz CT molecular complexity index is 1650. The summed E-state index contributed by atoms with van der Waals surface area (Å²) < 4.78 is 9.02. The number of methoxy groups -OCH3 is 1. The summed E-state index contributed by atoms with van der Waals surface area (Å²) in [4.78, 5) is 46.8. The number of fused-ring (bicyclic) bond motifs is 1. The number of rotatable bonds is 7. The van der Waals surface area contributed by atoms with Crippen molar-refractivity contribution in [1.82, 2.24) is 18.7 Å². The normalized spacial score (nSPS) is 12.0. The fraction of sp³-hybridized carbons (Fsp3) is 0.333. The smallest absolute Gasteiger partial charge is 0.339 e. The molecule has 194 valence electrons. The van der Waals surface area contributed by atoms with Crippen LogP contribution < -0.4 is 17.0 Å². The van der Waals surface area contributed by atoms with Crippen molar-refractivity contribution in [1.29, 1.82) is 0 Å². The van der Waals surface area contributed by atoms with Crippen LogP contribution in [0.4, 0.5) is 5.82 Å². The standard InChI is InChI=1S/C27H32N6O4/c1-15(2)13-33-24(28)22(25(34)32(5)27(33)36)23(21-10-17(14-31(21)4)26(35)37-6)30-12-18-11-29-20-8-7-16(3)9-19(18)20/h7-11,14-15,29H,12-13,28H2,1-6H3. The molecule has 0 unspecified atom stereocenters. The zero-order chi connectivity index (χ0) is 27.0. The monoisotopic (exact) mass is 504 g/mol. The molecule has 0 aliphatic rings. The number of anilines is 1. The summed E-state index contributed by atoms with van der Waals surface area (Å²) in [5.41, 5.74) is 9.68. The Morgan fingerprint density at radius 1 is 1.19 bits per heavy atom. The SMILES string of the molecule is COC(=O)c1cc(C(=NCc2c[nH]c3ccc(C)cc23)c2c(N)n(CC(C)C)c(=O)n(C)c2=O)n(C)c1. The van der Waals surface area contributed by atoms with Gasteiger partial charge >= 0.3 is 11.7 Å². The number of nitrogens with two attached hydrogens (primary N) is 1. The molecule has 0 amide bonds. The van der Waals surface area contributed by atoms with E-state index in [1.807, 2.05) is 39.1 Å². The number of aromatic nitrogens is 4. The van der Waals surface area contributed by atoms with Crippen molar-refractivity contribution in [3.8, 4) is 0 Å². The number of carbonyl (C=O) groups is 1. The molecule has 0 bridgehead atoms. The van der Waals surface area contributed by atoms with Gasteiger partial charge < -0.3 is 20.0 Å². The van der Waals surface area contributed by atoms with Crippen LogP contribution in [-0.2, 0) is 31.9 Å². The van der Waals surface area contributed by atoms with E-state index in [9.17, 15) is 14.4 Å². The summed E-state index contributed by atoms with van der Waals surface area (Å²) in [6, 6.07) is 7.72. The highest BCUT2D eigenvalue weighted by Gasteiger charge is 2.25. The molecule has 10 nitrogen and oxygen atoms in total. The molecule has 3 aromatic heterocycles. The molecular weight excluding hydrogens is 472 g/mol. The van der Waals surface area contributed by atoms with Gasteiger partial charge in [-0.1, -0.05) is 25.5 Å². The van der Waals surface area contributed by atoms with Crippen LogP contribution in [0.5, 0.6) is 0 Å². The van der Waals surface area contributed by atoms with E-state index in [0.29, 0.717) is 17.8 Å². The van der Waals surface area contributed by atoms with Crippen LogP contribution in [0.3, 0.4) is 0 Å². The third kappa shape index (κ3) is 4.74. The molecule has 0 saturated heterocycles. The van der Waals surface area contributed by atoms with Crippen LogP contribution in [0.15, 0.2) is 51.2 Å². The number of aromatic amines is 1. The molecule has 4 rings (SSSR count). The first-order chi connectivity index (χ1) is 17.5. The lowest BCUT2D eigenvalue weighted by Gasteiger charge is -2.18. The summed E-state index contributed by atoms with van der Waals surface area (Å²) >= 11 is 0. The fourth-order valence-electron chi connectivity index (χ4n) is 4.45. The number of hydrogen-bond donors (Lipinski definition) is 2. The number of nitrogens with zero attached hydrogens (tertiary/aromatic N) is 4. The lowest BCUT2D eigenvalue weighted by atomic mass is 10.1. The van der Waals surface area contributed by atoms with Crippen LogP contribution in [0.1, 0.15) is 46.6 Å². The molecule has 10 heteroatoms. The number of ether oxygens (including phenoxy) is 1. The molecule has 0 fully saturated rings. The second kappa shape index (κ2) is 9.96. The summed E-state index contributed by atoms with van der Waals surface area (Å²) in [5, 5.41) is 1.02. The molecule has 0 atom stereocenters. The number of hydrogen-bond acceptors (Lipinski definition) is 6. The largest absolute Gasteiger partial charge is 0.465 e. The van der Waals surface area contributed by atoms with E-state index in [1.54, 1.807) is 23.9 Å². The number of nitrogen functional groups attached to an aromatic ring is 1. The molecule has 1 aromatic carbocycles. The topological polar surface area (TPSA) is 129 Å². The van der Waals surface area contributed by atoms with E-state index in [-0.39, 0.29) is 29.6 Å². The number of aryl methyl sites for hydroxylation is 2. The first kappa shape index (κ1) is 25.7. The molecule has 0 saturated carbocycles. The van der Waals surface area contributed by atoms with Gasteiger partial charge in [0.05, 0.1) is 30.6 Å². The van der Waals surface area contributed by atoms with Gasteiger partial charge in [-0.15, -0.1) is 0 Å². The molecule has 0 spiro atoms. The number of nitrogens with one attached hydrogen (secondary N) is 1. The van der Waals surface area contributed by atoms with Crippen molar-refractivity contribution in [3.63, 3.8) is 0 Å². The van der Waals surface area contributed by atoms with Gasteiger partial charge in [-0.3, -0.25) is 18.9 Å². The van der Waals surface area contributed by atoms with E-state index in [0.717, 1.165) is 26.6 Å². The van der Waals surface area contributed by atoms with Gasteiger partial charge in [-0.25, -0.2) is 9.59 Å². The Labute approximate surface area is 214 Å². The molecule has 0 aliphatic carbocycles. The first-order valence-corrected chi connectivity index (χ1v) is 12.0. The summed E-state index contributed by atoms with van der Waals surface area (Å²) in [6.07, 6.45) is 3.49. The van der Waals surface area contributed by atoms with Gasteiger partial charge in [-0.2, -0.15) is 0 Å². The van der Waals surface area contributed by atoms with Crippen molar-refractivity contribution in [2.75, 3.05) is 12.8 Å². The third-order valence-corrected chi connectivity index (χ3v) is 6.37. The van der Waals surface area contributed by atoms with Gasteiger partial charge in [0, 0.05) is 43.9 Å². The molecule has 0 radical (unpaired) electrons. The summed E-state index contributed by atoms with van der Waals surface area (Å²) in [6.45, 7) is 6.52. The minimum absolute atomic E-state index is 0.0381. The van der Waals surface area contributed by atoms with Crippen molar-refractivity contribution in [2.24, 2.45) is 25.0 Å². The molecule has 4 aromatic rings. The first-order valence-electron chi connectivity index (χ1n) is 12.0. The van der Waals surface area contributed by atoms with Crippen LogP contribution in [-0.4, -0.2) is 37.5 Å². The zero-order valence-electron chi connectivity index (χ0n) is 22.0. The number of carbonyl (C=O) groups excluding carboxylic acids is 1. The quantitative estimate of drug-likeness (QED) is 0.295. The van der Waals surface area contributed by atoms with Crippen molar-refractivity contribution < 1.29 is 9.53 Å². The van der Waals surface area contributed by atoms with Crippen molar-refractivity contribution >= 4 is 28.4 Å². The van der Waals surface area contributed by atoms with Crippen LogP contribution in [0.2, 0.25) is 0 Å². The highest BCUT2D eigenvalue weighted by Crippen LogP contribution is 2.23. The zero-order valence-corrected chi connectivity index (χ0v) is 22.0. The predicted molar refractivity (Wildman–Crippen MR) is 144 cm³/mol. The molecule has 0 aliphatic heterocycles. The molecule has 37 heavy (non-hydrogen) atoms. The van der Waals surface area contributed by atoms with E-state index in [2.05, 4.69) is 11.1 Å². The van der Waals surface area contributed by atoms with Crippen LogP contribution >= 0.6 is 0 Å². The maximum Gasteiger partial charge on any atom is 0.339 e. The van der Waals surface area contributed by atoms with Gasteiger partial charge in [0.1, 0.15) is 11.4 Å². The van der Waals surface area contributed by atoms with Crippen molar-refractivity contribution in [2.45, 2.75) is 33.9 Å². The maximum atomic E-state index is 13.5. The van der Waals surface area contributed by atoms with Gasteiger partial charge in [0.15, 0.2) is 0 Å². The summed E-state index contributed by atoms with van der Waals surface area (Å²) in [7, 11) is 4.48. The Kier molecular flexibility index (Phi) is 6.93. The Hall–Kier alpha value is -4.34. The minimum Gasteiger partial charge on any atom is -0.465 e. The van der Waals surface area contributed by atoms with E-state index >= 15 is 0 Å². The molecule has 3 N–H and O–H groups in total. The van der Waals surface area contributed by atoms with Crippen LogP contribution in [0.25, 0.3) is 10.9 Å².